The molecule has 1 atom stereocenters. The SMILES string of the molecule is CC1(C)CC(=O)C2=C(C1)N(c1sc3c(c1C#N)CCCCCC3)C(=O)C[C@@H]2c1ccc(F)cc1. The summed E-state index contributed by atoms with van der Waals surface area (Å²) in [6.07, 6.45) is 7.45. The van der Waals surface area contributed by atoms with E-state index in [0.29, 0.717) is 29.0 Å². The first-order valence-corrected chi connectivity index (χ1v) is 13.0. The average Bonchev–Trinajstić information content (AvgIpc) is 3.08. The van der Waals surface area contributed by atoms with Crippen LogP contribution in [0.4, 0.5) is 9.39 Å². The smallest absolute Gasteiger partial charge is 0.232 e. The van der Waals surface area contributed by atoms with Crippen molar-refractivity contribution in [1.29, 1.82) is 5.26 Å². The van der Waals surface area contributed by atoms with Gasteiger partial charge in [0.1, 0.15) is 16.9 Å². The molecule has 0 bridgehead atoms. The first-order valence-electron chi connectivity index (χ1n) is 12.2. The second-order valence-electron chi connectivity index (χ2n) is 10.5. The zero-order valence-electron chi connectivity index (χ0n) is 19.7. The van der Waals surface area contributed by atoms with Crippen LogP contribution in [0.3, 0.4) is 0 Å². The second kappa shape index (κ2) is 8.78. The number of hydrogen-bond acceptors (Lipinski definition) is 4. The lowest BCUT2D eigenvalue weighted by molar-refractivity contribution is -0.120. The molecule has 0 radical (unpaired) electrons. The first kappa shape index (κ1) is 23.0. The Kier molecular flexibility index (Phi) is 5.93. The molecule has 2 heterocycles. The summed E-state index contributed by atoms with van der Waals surface area (Å²) < 4.78 is 13.6. The fraction of sp³-hybridized carbons (Fsp3) is 0.464. The van der Waals surface area contributed by atoms with Crippen LogP contribution in [0, 0.1) is 22.6 Å². The van der Waals surface area contributed by atoms with Crippen LogP contribution in [0.2, 0.25) is 0 Å². The van der Waals surface area contributed by atoms with Crippen LogP contribution in [0.25, 0.3) is 0 Å². The van der Waals surface area contributed by atoms with Crippen LogP contribution >= 0.6 is 11.3 Å². The number of rotatable bonds is 2. The Labute approximate surface area is 204 Å². The van der Waals surface area contributed by atoms with Gasteiger partial charge in [0.15, 0.2) is 5.78 Å². The van der Waals surface area contributed by atoms with Crippen molar-refractivity contribution in [3.63, 3.8) is 0 Å². The minimum atomic E-state index is -0.380. The highest BCUT2D eigenvalue weighted by Gasteiger charge is 2.45. The van der Waals surface area contributed by atoms with E-state index in [-0.39, 0.29) is 35.3 Å². The quantitative estimate of drug-likeness (QED) is 0.492. The number of Topliss-reactive ketones (excluding diaryl/α,β-unsaturated/α-hetero) is 1. The summed E-state index contributed by atoms with van der Waals surface area (Å²) in [4.78, 5) is 30.1. The van der Waals surface area contributed by atoms with Crippen molar-refractivity contribution in [3.8, 4) is 6.07 Å². The van der Waals surface area contributed by atoms with Crippen molar-refractivity contribution in [2.45, 2.75) is 77.6 Å². The molecule has 2 aliphatic carbocycles. The van der Waals surface area contributed by atoms with Crippen molar-refractivity contribution in [2.75, 3.05) is 4.90 Å². The van der Waals surface area contributed by atoms with E-state index in [1.165, 1.54) is 23.4 Å². The zero-order chi connectivity index (χ0) is 24.0. The highest BCUT2D eigenvalue weighted by atomic mass is 32.1. The van der Waals surface area contributed by atoms with E-state index in [2.05, 4.69) is 19.9 Å². The number of nitriles is 1. The predicted octanol–water partition coefficient (Wildman–Crippen LogP) is 6.58. The largest absolute Gasteiger partial charge is 0.294 e. The summed E-state index contributed by atoms with van der Waals surface area (Å²) in [5.41, 5.74) is 3.61. The molecular weight excluding hydrogens is 447 g/mol. The minimum absolute atomic E-state index is 0.0477. The van der Waals surface area contributed by atoms with Crippen LogP contribution in [-0.4, -0.2) is 11.7 Å². The van der Waals surface area contributed by atoms with Crippen molar-refractivity contribution < 1.29 is 14.0 Å². The number of carbonyl (C=O) groups is 2. The van der Waals surface area contributed by atoms with Gasteiger partial charge in [0.25, 0.3) is 0 Å². The van der Waals surface area contributed by atoms with Gasteiger partial charge in [0, 0.05) is 34.9 Å². The first-order chi connectivity index (χ1) is 16.3. The third kappa shape index (κ3) is 4.01. The van der Waals surface area contributed by atoms with Crippen LogP contribution in [-0.2, 0) is 22.4 Å². The number of anilines is 1. The van der Waals surface area contributed by atoms with Gasteiger partial charge in [-0.15, -0.1) is 11.3 Å². The number of halogens is 1. The van der Waals surface area contributed by atoms with Gasteiger partial charge in [-0.3, -0.25) is 14.5 Å². The van der Waals surface area contributed by atoms with Crippen molar-refractivity contribution in [1.82, 2.24) is 0 Å². The molecule has 1 aromatic carbocycles. The Balaban J connectivity index is 1.69. The monoisotopic (exact) mass is 476 g/mol. The highest BCUT2D eigenvalue weighted by molar-refractivity contribution is 7.16. The summed E-state index contributed by atoms with van der Waals surface area (Å²) in [5.74, 6) is -0.766. The molecule has 2 aromatic rings. The predicted molar refractivity (Wildman–Crippen MR) is 131 cm³/mol. The Hall–Kier alpha value is -2.78. The Bertz CT molecular complexity index is 1230. The van der Waals surface area contributed by atoms with Crippen LogP contribution < -0.4 is 4.90 Å². The minimum Gasteiger partial charge on any atom is -0.294 e. The van der Waals surface area contributed by atoms with Gasteiger partial charge in [0.05, 0.1) is 5.56 Å². The second-order valence-corrected chi connectivity index (χ2v) is 11.6. The number of amides is 1. The molecule has 3 aliphatic rings. The molecule has 1 amide bonds. The van der Waals surface area contributed by atoms with Crippen LogP contribution in [0.5, 0.6) is 0 Å². The molecule has 1 aliphatic heterocycles. The fourth-order valence-electron chi connectivity index (χ4n) is 5.81. The summed E-state index contributed by atoms with van der Waals surface area (Å²) in [6.45, 7) is 4.11. The van der Waals surface area contributed by atoms with E-state index >= 15 is 0 Å². The fourth-order valence-corrected chi connectivity index (χ4v) is 7.19. The number of hydrogen-bond donors (Lipinski definition) is 0. The summed E-state index contributed by atoms with van der Waals surface area (Å²) >= 11 is 1.56. The summed E-state index contributed by atoms with van der Waals surface area (Å²) in [6, 6.07) is 8.54. The molecule has 176 valence electrons. The van der Waals surface area contributed by atoms with E-state index in [0.717, 1.165) is 48.9 Å². The van der Waals surface area contributed by atoms with Gasteiger partial charge in [0.2, 0.25) is 5.91 Å². The third-order valence-electron chi connectivity index (χ3n) is 7.38. The molecule has 0 fully saturated rings. The number of aryl methyl sites for hydroxylation is 1. The van der Waals surface area contributed by atoms with E-state index in [1.54, 1.807) is 28.4 Å². The van der Waals surface area contributed by atoms with Crippen molar-refractivity contribution >= 4 is 28.0 Å². The van der Waals surface area contributed by atoms with E-state index in [1.807, 2.05) is 0 Å². The molecule has 0 saturated carbocycles. The molecule has 5 rings (SSSR count). The molecule has 0 unspecified atom stereocenters. The normalized spacial score (nSPS) is 22.5. The number of carbonyl (C=O) groups excluding carboxylic acids is 2. The molecule has 0 N–H and O–H groups in total. The summed E-state index contributed by atoms with van der Waals surface area (Å²) in [7, 11) is 0. The lowest BCUT2D eigenvalue weighted by Crippen LogP contribution is -2.43. The molecule has 6 heteroatoms. The van der Waals surface area contributed by atoms with E-state index in [4.69, 9.17) is 0 Å². The molecule has 34 heavy (non-hydrogen) atoms. The van der Waals surface area contributed by atoms with Crippen molar-refractivity contribution in [2.24, 2.45) is 5.41 Å². The van der Waals surface area contributed by atoms with Gasteiger partial charge in [-0.05, 0) is 60.8 Å². The average molecular weight is 477 g/mol. The molecular formula is C28H29FN2O2S. The lowest BCUT2D eigenvalue weighted by atomic mass is 9.69. The molecule has 1 aromatic heterocycles. The Morgan fingerprint density at radius 3 is 2.47 bits per heavy atom. The Morgan fingerprint density at radius 1 is 1.06 bits per heavy atom. The lowest BCUT2D eigenvalue weighted by Gasteiger charge is -2.42. The summed E-state index contributed by atoms with van der Waals surface area (Å²) in [5, 5.41) is 10.8. The maximum Gasteiger partial charge on any atom is 0.232 e. The number of allylic oxidation sites excluding steroid dienone is 2. The highest BCUT2D eigenvalue weighted by Crippen LogP contribution is 2.50. The van der Waals surface area contributed by atoms with E-state index < -0.39 is 0 Å². The number of nitrogens with zero attached hydrogens (tertiary/aromatic N) is 2. The zero-order valence-corrected chi connectivity index (χ0v) is 20.6. The number of ketones is 1. The van der Waals surface area contributed by atoms with Gasteiger partial charge >= 0.3 is 0 Å². The van der Waals surface area contributed by atoms with Gasteiger partial charge in [-0.25, -0.2) is 4.39 Å². The standard InChI is InChI=1S/C28H29FN2O2S/c1-28(2)14-22-26(23(32)15-28)20(17-9-11-18(29)12-10-17)13-25(33)31(22)27-21(16-30)19-7-5-3-4-6-8-24(19)34-27/h9-12,20H,3-8,13-15H2,1-2H3/t20-/m1/s1. The number of thiophene rings is 1. The van der Waals surface area contributed by atoms with E-state index in [9.17, 15) is 19.2 Å². The Morgan fingerprint density at radius 2 is 1.76 bits per heavy atom. The number of fused-ring (bicyclic) bond motifs is 1. The van der Waals surface area contributed by atoms with Gasteiger partial charge < -0.3 is 0 Å². The van der Waals surface area contributed by atoms with Gasteiger partial charge in [-0.2, -0.15) is 5.26 Å². The van der Waals surface area contributed by atoms with Crippen LogP contribution in [0.15, 0.2) is 35.5 Å². The maximum atomic E-state index is 13.7. The van der Waals surface area contributed by atoms with Crippen LogP contribution in [0.1, 0.15) is 86.3 Å². The third-order valence-corrected chi connectivity index (χ3v) is 8.66. The van der Waals surface area contributed by atoms with Gasteiger partial charge in [-0.1, -0.05) is 38.8 Å². The molecule has 0 spiro atoms. The number of benzene rings is 1. The van der Waals surface area contributed by atoms with Crippen molar-refractivity contribution in [3.05, 3.63) is 62.9 Å². The topological polar surface area (TPSA) is 61.2 Å². The molecule has 4 nitrogen and oxygen atoms in total. The molecule has 0 saturated heterocycles. The maximum absolute atomic E-state index is 13.7.